The van der Waals surface area contributed by atoms with E-state index in [2.05, 4.69) is 33.5 Å². The number of likely N-dealkylation sites (N-methyl/N-ethyl adjacent to an activating group) is 1. The third-order valence-electron chi connectivity index (χ3n) is 4.32. The smallest absolute Gasteiger partial charge is 0.408 e. The second-order valence-electron chi connectivity index (χ2n) is 8.14. The van der Waals surface area contributed by atoms with E-state index in [1.54, 1.807) is 27.7 Å². The third-order valence-corrected chi connectivity index (χ3v) is 4.32. The van der Waals surface area contributed by atoms with Crippen LogP contribution in [0.1, 0.15) is 33.3 Å². The van der Waals surface area contributed by atoms with E-state index >= 15 is 0 Å². The Balaban J connectivity index is 1.87. The molecule has 0 saturated carbocycles. The number of ether oxygens (including phenoxy) is 1. The Labute approximate surface area is 162 Å². The van der Waals surface area contributed by atoms with Crippen molar-refractivity contribution in [2.75, 3.05) is 38.5 Å². The van der Waals surface area contributed by atoms with Gasteiger partial charge in [-0.1, -0.05) is 12.1 Å². The summed E-state index contributed by atoms with van der Waals surface area (Å²) in [6.45, 7) is 12.1. The lowest BCUT2D eigenvalue weighted by molar-refractivity contribution is -0.117. The summed E-state index contributed by atoms with van der Waals surface area (Å²) < 4.78 is 5.18. The summed E-state index contributed by atoms with van der Waals surface area (Å²) in [4.78, 5) is 28.9. The SMILES string of the molecule is C[C@@H](NC(=O)OC(C)(C)C)C(=O)Nc1cccc(CN2CCN(C)CC2)c1. The molecule has 2 amide bonds. The van der Waals surface area contributed by atoms with Crippen molar-refractivity contribution in [3.63, 3.8) is 0 Å². The van der Waals surface area contributed by atoms with Gasteiger partial charge in [-0.25, -0.2) is 4.79 Å². The average Bonchev–Trinajstić information content (AvgIpc) is 2.55. The van der Waals surface area contributed by atoms with E-state index in [0.717, 1.165) is 44.0 Å². The molecule has 0 aromatic heterocycles. The number of anilines is 1. The zero-order chi connectivity index (χ0) is 20.0. The van der Waals surface area contributed by atoms with Crippen LogP contribution in [0.5, 0.6) is 0 Å². The molecule has 7 nitrogen and oxygen atoms in total. The first kappa shape index (κ1) is 21.2. The van der Waals surface area contributed by atoms with Crippen molar-refractivity contribution in [2.45, 2.75) is 45.9 Å². The number of benzene rings is 1. The summed E-state index contributed by atoms with van der Waals surface area (Å²) in [5.41, 5.74) is 1.28. The summed E-state index contributed by atoms with van der Waals surface area (Å²) in [6.07, 6.45) is -0.603. The zero-order valence-corrected chi connectivity index (χ0v) is 17.0. The summed E-state index contributed by atoms with van der Waals surface area (Å²) in [7, 11) is 2.14. The Hall–Kier alpha value is -2.12. The first-order valence-corrected chi connectivity index (χ1v) is 9.42. The molecule has 1 fully saturated rings. The molecule has 1 atom stereocenters. The van der Waals surface area contributed by atoms with Crippen LogP contribution < -0.4 is 10.6 Å². The Bertz CT molecular complexity index is 649. The molecular weight excluding hydrogens is 344 g/mol. The predicted octanol–water partition coefficient (Wildman–Crippen LogP) is 2.29. The quantitative estimate of drug-likeness (QED) is 0.825. The van der Waals surface area contributed by atoms with Gasteiger partial charge in [0.1, 0.15) is 11.6 Å². The lowest BCUT2D eigenvalue weighted by Gasteiger charge is -2.32. The van der Waals surface area contributed by atoms with Gasteiger partial charge in [-0.05, 0) is 52.4 Å². The molecule has 27 heavy (non-hydrogen) atoms. The lowest BCUT2D eigenvalue weighted by Crippen LogP contribution is -2.44. The van der Waals surface area contributed by atoms with Gasteiger partial charge >= 0.3 is 6.09 Å². The minimum atomic E-state index is -0.693. The number of piperazine rings is 1. The standard InChI is InChI=1S/C20H32N4O3/c1-15(21-19(26)27-20(2,3)4)18(25)22-17-8-6-7-16(13-17)14-24-11-9-23(5)10-12-24/h6-8,13,15H,9-12,14H2,1-5H3,(H,21,26)(H,22,25)/t15-/m1/s1. The van der Waals surface area contributed by atoms with Crippen LogP contribution in [0.2, 0.25) is 0 Å². The van der Waals surface area contributed by atoms with E-state index in [-0.39, 0.29) is 5.91 Å². The van der Waals surface area contributed by atoms with Crippen molar-refractivity contribution in [2.24, 2.45) is 0 Å². The number of hydrogen-bond acceptors (Lipinski definition) is 5. The van der Waals surface area contributed by atoms with Crippen molar-refractivity contribution in [3.8, 4) is 0 Å². The summed E-state index contributed by atoms with van der Waals surface area (Å²) >= 11 is 0. The summed E-state index contributed by atoms with van der Waals surface area (Å²) in [5, 5.41) is 5.41. The van der Waals surface area contributed by atoms with Crippen LogP contribution in [-0.4, -0.2) is 66.7 Å². The van der Waals surface area contributed by atoms with E-state index in [1.165, 1.54) is 0 Å². The second-order valence-corrected chi connectivity index (χ2v) is 8.14. The van der Waals surface area contributed by atoms with E-state index in [0.29, 0.717) is 0 Å². The first-order chi connectivity index (χ1) is 12.6. The second kappa shape index (κ2) is 9.19. The molecule has 0 radical (unpaired) electrons. The fraction of sp³-hybridized carbons (Fsp3) is 0.600. The van der Waals surface area contributed by atoms with Gasteiger partial charge in [-0.15, -0.1) is 0 Å². The van der Waals surface area contributed by atoms with Gasteiger partial charge in [0.25, 0.3) is 0 Å². The number of hydrogen-bond donors (Lipinski definition) is 2. The van der Waals surface area contributed by atoms with Gasteiger partial charge in [0.05, 0.1) is 0 Å². The highest BCUT2D eigenvalue weighted by molar-refractivity contribution is 5.96. The fourth-order valence-electron chi connectivity index (χ4n) is 2.81. The van der Waals surface area contributed by atoms with Crippen LogP contribution >= 0.6 is 0 Å². The number of rotatable bonds is 5. The molecule has 1 aromatic rings. The molecule has 7 heteroatoms. The molecule has 0 aliphatic carbocycles. The number of carbonyl (C=O) groups is 2. The Morgan fingerprint density at radius 3 is 2.48 bits per heavy atom. The van der Waals surface area contributed by atoms with Crippen LogP contribution in [0.4, 0.5) is 10.5 Å². The molecular formula is C20H32N4O3. The van der Waals surface area contributed by atoms with Crippen molar-refractivity contribution in [1.82, 2.24) is 15.1 Å². The average molecular weight is 377 g/mol. The monoisotopic (exact) mass is 376 g/mol. The van der Waals surface area contributed by atoms with Crippen molar-refractivity contribution < 1.29 is 14.3 Å². The number of alkyl carbamates (subject to hydrolysis) is 1. The van der Waals surface area contributed by atoms with Crippen molar-refractivity contribution in [3.05, 3.63) is 29.8 Å². The molecule has 0 bridgehead atoms. The summed E-state index contributed by atoms with van der Waals surface area (Å²) in [5.74, 6) is -0.280. The van der Waals surface area contributed by atoms with Gasteiger partial charge in [0.2, 0.25) is 5.91 Å². The predicted molar refractivity (Wildman–Crippen MR) is 107 cm³/mol. The fourth-order valence-corrected chi connectivity index (χ4v) is 2.81. The van der Waals surface area contributed by atoms with Crippen molar-refractivity contribution in [1.29, 1.82) is 0 Å². The van der Waals surface area contributed by atoms with Crippen LogP contribution in [0.3, 0.4) is 0 Å². The van der Waals surface area contributed by atoms with Crippen LogP contribution in [0.15, 0.2) is 24.3 Å². The third kappa shape index (κ3) is 7.56. The van der Waals surface area contributed by atoms with Gasteiger partial charge in [0.15, 0.2) is 0 Å². The molecule has 150 valence electrons. The highest BCUT2D eigenvalue weighted by Crippen LogP contribution is 2.14. The number of nitrogens with zero attached hydrogens (tertiary/aromatic N) is 2. The maximum absolute atomic E-state index is 12.4. The van der Waals surface area contributed by atoms with Gasteiger partial charge in [-0.2, -0.15) is 0 Å². The molecule has 1 saturated heterocycles. The molecule has 1 aromatic carbocycles. The molecule has 1 heterocycles. The molecule has 2 rings (SSSR count). The Kier molecular flexibility index (Phi) is 7.21. The first-order valence-electron chi connectivity index (χ1n) is 9.42. The van der Waals surface area contributed by atoms with Crippen LogP contribution in [0, 0.1) is 0 Å². The molecule has 1 aliphatic rings. The van der Waals surface area contributed by atoms with E-state index < -0.39 is 17.7 Å². The normalized spacial score (nSPS) is 17.2. The van der Waals surface area contributed by atoms with Crippen LogP contribution in [0.25, 0.3) is 0 Å². The highest BCUT2D eigenvalue weighted by atomic mass is 16.6. The minimum Gasteiger partial charge on any atom is -0.444 e. The zero-order valence-electron chi connectivity index (χ0n) is 17.0. The van der Waals surface area contributed by atoms with Gasteiger partial charge < -0.3 is 20.3 Å². The molecule has 1 aliphatic heterocycles. The maximum Gasteiger partial charge on any atom is 0.408 e. The largest absolute Gasteiger partial charge is 0.444 e. The summed E-state index contributed by atoms with van der Waals surface area (Å²) in [6, 6.07) is 7.15. The van der Waals surface area contributed by atoms with E-state index in [1.807, 2.05) is 18.2 Å². The lowest BCUT2D eigenvalue weighted by atomic mass is 10.1. The molecule has 0 spiro atoms. The number of carbonyl (C=O) groups excluding carboxylic acids is 2. The number of nitrogens with one attached hydrogen (secondary N) is 2. The van der Waals surface area contributed by atoms with Crippen molar-refractivity contribution >= 4 is 17.7 Å². The Morgan fingerprint density at radius 2 is 1.85 bits per heavy atom. The number of amides is 2. The van der Waals surface area contributed by atoms with Crippen LogP contribution in [-0.2, 0) is 16.1 Å². The topological polar surface area (TPSA) is 73.9 Å². The minimum absolute atomic E-state index is 0.280. The van der Waals surface area contributed by atoms with Gasteiger partial charge in [-0.3, -0.25) is 9.69 Å². The maximum atomic E-state index is 12.4. The molecule has 0 unspecified atom stereocenters. The van der Waals surface area contributed by atoms with E-state index in [4.69, 9.17) is 4.74 Å². The highest BCUT2D eigenvalue weighted by Gasteiger charge is 2.21. The Morgan fingerprint density at radius 1 is 1.19 bits per heavy atom. The van der Waals surface area contributed by atoms with E-state index in [9.17, 15) is 9.59 Å². The molecule has 2 N–H and O–H groups in total. The van der Waals surface area contributed by atoms with Gasteiger partial charge in [0, 0.05) is 38.4 Å².